The van der Waals surface area contributed by atoms with E-state index in [0.29, 0.717) is 24.2 Å². The first-order valence-electron chi connectivity index (χ1n) is 17.0. The van der Waals surface area contributed by atoms with Crippen molar-refractivity contribution in [2.75, 3.05) is 23.5 Å². The second-order valence-electron chi connectivity index (χ2n) is 14.1. The lowest BCUT2D eigenvalue weighted by atomic mass is 9.82. The Morgan fingerprint density at radius 1 is 0.878 bits per heavy atom. The Balaban J connectivity index is 1.28. The summed E-state index contributed by atoms with van der Waals surface area (Å²) in [5.41, 5.74) is 3.51. The van der Waals surface area contributed by atoms with Crippen molar-refractivity contribution in [3.63, 3.8) is 0 Å². The van der Waals surface area contributed by atoms with Gasteiger partial charge >= 0.3 is 0 Å². The second kappa shape index (κ2) is 11.7. The molecule has 1 N–H and O–H groups in total. The number of ether oxygens (including phenoxy) is 2. The number of nitrogens with zero attached hydrogens (tertiary/aromatic N) is 2. The fourth-order valence-corrected chi connectivity index (χ4v) is 13.0. The molecule has 8 heteroatoms. The summed E-state index contributed by atoms with van der Waals surface area (Å²) in [6, 6.07) is 36.0. The van der Waals surface area contributed by atoms with Crippen molar-refractivity contribution < 1.29 is 24.2 Å². The molecule has 3 aliphatic rings. The molecule has 0 unspecified atom stereocenters. The van der Waals surface area contributed by atoms with Gasteiger partial charge in [-0.05, 0) is 65.4 Å². The number of hydrogen-bond donors (Lipinski definition) is 1. The monoisotopic (exact) mass is 668 g/mol. The first-order chi connectivity index (χ1) is 23.7. The highest BCUT2D eigenvalue weighted by atomic mass is 28.3. The van der Waals surface area contributed by atoms with E-state index in [1.165, 1.54) is 5.19 Å². The molecule has 2 amide bonds. The highest BCUT2D eigenvalue weighted by molar-refractivity contribution is 6.91. The summed E-state index contributed by atoms with van der Waals surface area (Å²) in [4.78, 5) is 32.8. The molecule has 5 aromatic carbocycles. The molecular formula is C41H40N2O5Si. The minimum Gasteiger partial charge on any atom is -0.497 e. The molecule has 49 heavy (non-hydrogen) atoms. The summed E-state index contributed by atoms with van der Waals surface area (Å²) < 4.78 is 12.6. The Bertz CT molecular complexity index is 2090. The number of anilines is 3. The summed E-state index contributed by atoms with van der Waals surface area (Å²) in [6.45, 7) is 7.17. The van der Waals surface area contributed by atoms with E-state index in [1.807, 2.05) is 102 Å². The van der Waals surface area contributed by atoms with Gasteiger partial charge in [0, 0.05) is 29.2 Å². The second-order valence-corrected chi connectivity index (χ2v) is 18.8. The van der Waals surface area contributed by atoms with E-state index in [1.54, 1.807) is 12.0 Å². The fraction of sp³-hybridized carbons (Fsp3) is 0.268. The number of aliphatic hydroxyl groups is 1. The molecule has 8 rings (SSSR count). The van der Waals surface area contributed by atoms with Crippen molar-refractivity contribution >= 4 is 52.9 Å². The lowest BCUT2D eigenvalue weighted by Gasteiger charge is -2.37. The number of rotatable bonds is 8. The normalized spacial score (nSPS) is 22.8. The quantitative estimate of drug-likeness (QED) is 0.176. The van der Waals surface area contributed by atoms with Crippen LogP contribution in [0.2, 0.25) is 18.6 Å². The fourth-order valence-electron chi connectivity index (χ4n) is 8.93. The zero-order valence-corrected chi connectivity index (χ0v) is 29.2. The SMILES string of the molecule is COc1ccc([Si](C)(C)[C@H]2[C@H](CCO)O[C@@]3(C(=O)N(Cc4ccccc4)c4ccc(N5C(=O)c6cccc7cccc5c67)cc43)[C@@H]2C)cc1. The van der Waals surface area contributed by atoms with E-state index in [0.717, 1.165) is 39.0 Å². The molecule has 4 atom stereocenters. The highest BCUT2D eigenvalue weighted by Crippen LogP contribution is 2.61. The minimum absolute atomic E-state index is 0.0107. The van der Waals surface area contributed by atoms with E-state index in [2.05, 4.69) is 32.2 Å². The molecule has 7 nitrogen and oxygen atoms in total. The third-order valence-electron chi connectivity index (χ3n) is 11.2. The van der Waals surface area contributed by atoms with Crippen LogP contribution in [0.1, 0.15) is 34.8 Å². The van der Waals surface area contributed by atoms with E-state index in [4.69, 9.17) is 9.47 Å². The van der Waals surface area contributed by atoms with Gasteiger partial charge in [-0.2, -0.15) is 0 Å². The number of benzene rings is 5. The molecule has 0 radical (unpaired) electrons. The van der Waals surface area contributed by atoms with Gasteiger partial charge in [0.1, 0.15) is 5.75 Å². The van der Waals surface area contributed by atoms with E-state index >= 15 is 4.79 Å². The van der Waals surface area contributed by atoms with Gasteiger partial charge in [-0.25, -0.2) is 0 Å². The molecule has 0 saturated carbocycles. The molecular weight excluding hydrogens is 629 g/mol. The van der Waals surface area contributed by atoms with Gasteiger partial charge in [0.05, 0.1) is 44.8 Å². The molecule has 248 valence electrons. The van der Waals surface area contributed by atoms with E-state index in [9.17, 15) is 9.90 Å². The highest BCUT2D eigenvalue weighted by Gasteiger charge is 2.66. The number of amides is 2. The lowest BCUT2D eigenvalue weighted by Crippen LogP contribution is -2.51. The van der Waals surface area contributed by atoms with Gasteiger partial charge in [0.15, 0.2) is 5.60 Å². The molecule has 1 fully saturated rings. The summed E-state index contributed by atoms with van der Waals surface area (Å²) in [7, 11) is -0.673. The molecule has 3 aliphatic heterocycles. The Hall–Kier alpha value is -4.76. The van der Waals surface area contributed by atoms with Crippen LogP contribution in [-0.4, -0.2) is 44.8 Å². The Morgan fingerprint density at radius 3 is 2.33 bits per heavy atom. The maximum absolute atomic E-state index is 15.1. The zero-order valence-electron chi connectivity index (χ0n) is 28.2. The van der Waals surface area contributed by atoms with Crippen molar-refractivity contribution in [2.24, 2.45) is 5.92 Å². The zero-order chi connectivity index (χ0) is 34.1. The van der Waals surface area contributed by atoms with Gasteiger partial charge < -0.3 is 19.5 Å². The van der Waals surface area contributed by atoms with Gasteiger partial charge in [-0.15, -0.1) is 0 Å². The predicted molar refractivity (Wildman–Crippen MR) is 196 cm³/mol. The summed E-state index contributed by atoms with van der Waals surface area (Å²) in [5, 5.41) is 13.5. The van der Waals surface area contributed by atoms with Crippen LogP contribution in [0.5, 0.6) is 5.75 Å². The summed E-state index contributed by atoms with van der Waals surface area (Å²) in [5.74, 6) is 0.394. The van der Waals surface area contributed by atoms with Crippen LogP contribution in [-0.2, 0) is 21.7 Å². The van der Waals surface area contributed by atoms with E-state index in [-0.39, 0.29) is 36.0 Å². The molecule has 5 aromatic rings. The predicted octanol–water partition coefficient (Wildman–Crippen LogP) is 7.29. The van der Waals surface area contributed by atoms with Crippen molar-refractivity contribution in [3.05, 3.63) is 126 Å². The number of carbonyl (C=O) groups excluding carboxylic acids is 2. The molecule has 0 aromatic heterocycles. The summed E-state index contributed by atoms with van der Waals surface area (Å²) in [6.07, 6.45) is 0.0824. The average Bonchev–Trinajstić information content (AvgIpc) is 3.67. The van der Waals surface area contributed by atoms with Crippen LogP contribution in [0.15, 0.2) is 109 Å². The maximum Gasteiger partial charge on any atom is 0.264 e. The topological polar surface area (TPSA) is 79.3 Å². The van der Waals surface area contributed by atoms with Crippen LogP contribution in [0, 0.1) is 5.92 Å². The number of hydrogen-bond acceptors (Lipinski definition) is 5. The lowest BCUT2D eigenvalue weighted by molar-refractivity contribution is -0.146. The Kier molecular flexibility index (Phi) is 7.51. The minimum atomic E-state index is -2.34. The third kappa shape index (κ3) is 4.61. The van der Waals surface area contributed by atoms with Crippen LogP contribution in [0.4, 0.5) is 17.1 Å². The number of methoxy groups -OCH3 is 1. The molecule has 0 bridgehead atoms. The van der Waals surface area contributed by atoms with Gasteiger partial charge in [-0.1, -0.05) is 91.9 Å². The average molecular weight is 669 g/mol. The standard InChI is InChI=1S/C41H40N2O5Si/c1-26-38(49(3,4)31-19-17-30(47-2)18-20-31)36(22-23-44)48-41(26)33-24-29(16-21-34(33)42(40(41)46)25-27-10-6-5-7-11-27)43-35-15-9-13-28-12-8-14-32(37(28)35)39(43)45/h5-21,24,26,36,38,44H,22-23,25H2,1-4H3/t26-,36+,38-,41+/m1/s1. The van der Waals surface area contributed by atoms with Gasteiger partial charge in [0.2, 0.25) is 0 Å². The number of carbonyl (C=O) groups is 2. The smallest absolute Gasteiger partial charge is 0.264 e. The molecule has 3 heterocycles. The summed E-state index contributed by atoms with van der Waals surface area (Å²) >= 11 is 0. The van der Waals surface area contributed by atoms with Crippen molar-refractivity contribution in [1.82, 2.24) is 0 Å². The number of fused-ring (bicyclic) bond motifs is 2. The van der Waals surface area contributed by atoms with Crippen LogP contribution < -0.4 is 19.7 Å². The molecule has 1 spiro atoms. The van der Waals surface area contributed by atoms with Crippen LogP contribution in [0.3, 0.4) is 0 Å². The molecule has 0 aliphatic carbocycles. The van der Waals surface area contributed by atoms with Gasteiger partial charge in [0.25, 0.3) is 11.8 Å². The van der Waals surface area contributed by atoms with Crippen molar-refractivity contribution in [2.45, 2.75) is 50.2 Å². The largest absolute Gasteiger partial charge is 0.497 e. The van der Waals surface area contributed by atoms with Crippen molar-refractivity contribution in [1.29, 1.82) is 0 Å². The van der Waals surface area contributed by atoms with Crippen LogP contribution >= 0.6 is 0 Å². The van der Waals surface area contributed by atoms with Crippen LogP contribution in [0.25, 0.3) is 10.8 Å². The Morgan fingerprint density at radius 2 is 1.61 bits per heavy atom. The first kappa shape index (κ1) is 31.5. The maximum atomic E-state index is 15.1. The van der Waals surface area contributed by atoms with E-state index < -0.39 is 13.7 Å². The third-order valence-corrected chi connectivity index (χ3v) is 15.6. The Labute approximate surface area is 287 Å². The molecule has 1 saturated heterocycles. The van der Waals surface area contributed by atoms with Gasteiger partial charge in [-0.3, -0.25) is 14.5 Å². The number of aliphatic hydroxyl groups excluding tert-OH is 1. The van der Waals surface area contributed by atoms with Crippen molar-refractivity contribution in [3.8, 4) is 5.75 Å². The first-order valence-corrected chi connectivity index (χ1v) is 20.1.